The van der Waals surface area contributed by atoms with Gasteiger partial charge in [-0.1, -0.05) is 22.9 Å². The van der Waals surface area contributed by atoms with Gasteiger partial charge in [-0.3, -0.25) is 4.79 Å². The molecular formula is C15H18BrFO2. The molecule has 1 aliphatic carbocycles. The molecule has 0 heterocycles. The van der Waals surface area contributed by atoms with Gasteiger partial charge in [0.1, 0.15) is 5.82 Å². The highest BCUT2D eigenvalue weighted by Crippen LogP contribution is 2.42. The standard InChI is InChI=1S/C15H18BrFO2/c1-10-4-6-15(7-5-10,14(18)19)9-11-8-12(17)2-3-13(11)16/h2-3,8,10H,4-7,9H2,1H3,(H,18,19). The average molecular weight is 329 g/mol. The molecule has 0 aliphatic heterocycles. The van der Waals surface area contributed by atoms with Crippen molar-refractivity contribution in [2.45, 2.75) is 39.0 Å². The van der Waals surface area contributed by atoms with E-state index in [1.165, 1.54) is 12.1 Å². The van der Waals surface area contributed by atoms with Crippen LogP contribution in [-0.4, -0.2) is 11.1 Å². The first-order valence-corrected chi connectivity index (χ1v) is 7.39. The van der Waals surface area contributed by atoms with Crippen LogP contribution in [0.4, 0.5) is 4.39 Å². The first-order valence-electron chi connectivity index (χ1n) is 6.60. The zero-order valence-electron chi connectivity index (χ0n) is 11.0. The Morgan fingerprint density at radius 3 is 2.68 bits per heavy atom. The van der Waals surface area contributed by atoms with Gasteiger partial charge in [-0.25, -0.2) is 4.39 Å². The Kier molecular flexibility index (Phi) is 4.29. The number of aliphatic carboxylic acids is 1. The lowest BCUT2D eigenvalue weighted by Gasteiger charge is -2.36. The third-order valence-electron chi connectivity index (χ3n) is 4.22. The number of benzene rings is 1. The van der Waals surface area contributed by atoms with Gasteiger partial charge in [0.2, 0.25) is 0 Å². The first kappa shape index (κ1) is 14.5. The van der Waals surface area contributed by atoms with E-state index in [4.69, 9.17) is 0 Å². The molecule has 0 aromatic heterocycles. The Morgan fingerprint density at radius 1 is 1.47 bits per heavy atom. The van der Waals surface area contributed by atoms with E-state index in [0.29, 0.717) is 25.2 Å². The minimum Gasteiger partial charge on any atom is -0.481 e. The Balaban J connectivity index is 2.26. The molecule has 1 aliphatic rings. The van der Waals surface area contributed by atoms with Crippen molar-refractivity contribution in [3.8, 4) is 0 Å². The van der Waals surface area contributed by atoms with Crippen molar-refractivity contribution in [2.24, 2.45) is 11.3 Å². The molecule has 1 aromatic rings. The fourth-order valence-electron chi connectivity index (χ4n) is 2.82. The van der Waals surface area contributed by atoms with E-state index in [9.17, 15) is 14.3 Å². The second kappa shape index (κ2) is 5.61. The molecular weight excluding hydrogens is 311 g/mol. The third kappa shape index (κ3) is 3.16. The van der Waals surface area contributed by atoms with Gasteiger partial charge < -0.3 is 5.11 Å². The Morgan fingerprint density at radius 2 is 2.11 bits per heavy atom. The molecule has 0 bridgehead atoms. The van der Waals surface area contributed by atoms with Crippen LogP contribution in [-0.2, 0) is 11.2 Å². The average Bonchev–Trinajstić information content (AvgIpc) is 2.36. The van der Waals surface area contributed by atoms with Crippen molar-refractivity contribution in [3.63, 3.8) is 0 Å². The monoisotopic (exact) mass is 328 g/mol. The molecule has 1 aromatic carbocycles. The topological polar surface area (TPSA) is 37.3 Å². The van der Waals surface area contributed by atoms with E-state index in [1.54, 1.807) is 6.07 Å². The van der Waals surface area contributed by atoms with Crippen molar-refractivity contribution in [1.29, 1.82) is 0 Å². The summed E-state index contributed by atoms with van der Waals surface area (Å²) in [4.78, 5) is 11.7. The number of carboxylic acids is 1. The maximum absolute atomic E-state index is 13.3. The highest BCUT2D eigenvalue weighted by molar-refractivity contribution is 9.10. The van der Waals surface area contributed by atoms with Crippen molar-refractivity contribution >= 4 is 21.9 Å². The van der Waals surface area contributed by atoms with Crippen molar-refractivity contribution in [1.82, 2.24) is 0 Å². The number of halogens is 2. The quantitative estimate of drug-likeness (QED) is 0.892. The highest BCUT2D eigenvalue weighted by atomic mass is 79.9. The zero-order chi connectivity index (χ0) is 14.0. The minimum atomic E-state index is -0.754. The normalized spacial score (nSPS) is 27.2. The molecule has 2 rings (SSSR count). The molecule has 4 heteroatoms. The summed E-state index contributed by atoms with van der Waals surface area (Å²) in [6, 6.07) is 4.46. The molecule has 0 radical (unpaired) electrons. The molecule has 1 N–H and O–H groups in total. The van der Waals surface area contributed by atoms with Crippen LogP contribution in [0.1, 0.15) is 38.2 Å². The molecule has 19 heavy (non-hydrogen) atoms. The van der Waals surface area contributed by atoms with Gasteiger partial charge in [0.05, 0.1) is 5.41 Å². The summed E-state index contributed by atoms with van der Waals surface area (Å²) in [5.41, 5.74) is 0.0139. The van der Waals surface area contributed by atoms with Crippen molar-refractivity contribution in [2.75, 3.05) is 0 Å². The summed E-state index contributed by atoms with van der Waals surface area (Å²) in [6.07, 6.45) is 3.60. The SMILES string of the molecule is CC1CCC(Cc2cc(F)ccc2Br)(C(=O)O)CC1. The summed E-state index contributed by atoms with van der Waals surface area (Å²) < 4.78 is 14.1. The van der Waals surface area contributed by atoms with Crippen LogP contribution in [0.15, 0.2) is 22.7 Å². The number of carbonyl (C=O) groups is 1. The van der Waals surface area contributed by atoms with Gasteiger partial charge in [-0.2, -0.15) is 0 Å². The molecule has 2 nitrogen and oxygen atoms in total. The lowest BCUT2D eigenvalue weighted by Crippen LogP contribution is -2.37. The molecule has 1 saturated carbocycles. The largest absolute Gasteiger partial charge is 0.481 e. The predicted molar refractivity (Wildman–Crippen MR) is 75.5 cm³/mol. The predicted octanol–water partition coefficient (Wildman–Crippen LogP) is 4.41. The fraction of sp³-hybridized carbons (Fsp3) is 0.533. The smallest absolute Gasteiger partial charge is 0.309 e. The zero-order valence-corrected chi connectivity index (χ0v) is 12.5. The van der Waals surface area contributed by atoms with Crippen LogP contribution >= 0.6 is 15.9 Å². The van der Waals surface area contributed by atoms with Crippen LogP contribution in [0.5, 0.6) is 0 Å². The maximum Gasteiger partial charge on any atom is 0.309 e. The van der Waals surface area contributed by atoms with Gasteiger partial charge >= 0.3 is 5.97 Å². The Labute approximate surface area is 121 Å². The second-order valence-electron chi connectivity index (χ2n) is 5.68. The number of carboxylic acid groups (broad SMARTS) is 1. The van der Waals surface area contributed by atoms with E-state index < -0.39 is 11.4 Å². The van der Waals surface area contributed by atoms with Crippen LogP contribution in [0, 0.1) is 17.2 Å². The first-order chi connectivity index (χ1) is 8.93. The number of rotatable bonds is 3. The Hall–Kier alpha value is -0.900. The summed E-state index contributed by atoms with van der Waals surface area (Å²) in [5, 5.41) is 9.59. The minimum absolute atomic E-state index is 0.317. The van der Waals surface area contributed by atoms with E-state index in [-0.39, 0.29) is 5.82 Å². The van der Waals surface area contributed by atoms with E-state index in [2.05, 4.69) is 22.9 Å². The van der Waals surface area contributed by atoms with E-state index in [0.717, 1.165) is 22.9 Å². The fourth-order valence-corrected chi connectivity index (χ4v) is 3.21. The summed E-state index contributed by atoms with van der Waals surface area (Å²) in [7, 11) is 0. The molecule has 0 amide bonds. The van der Waals surface area contributed by atoms with Gasteiger partial charge in [-0.15, -0.1) is 0 Å². The van der Waals surface area contributed by atoms with Gasteiger partial charge in [0.15, 0.2) is 0 Å². The molecule has 0 spiro atoms. The second-order valence-corrected chi connectivity index (χ2v) is 6.53. The lowest BCUT2D eigenvalue weighted by molar-refractivity contribution is -0.151. The van der Waals surface area contributed by atoms with Gasteiger partial charge in [0.25, 0.3) is 0 Å². The van der Waals surface area contributed by atoms with Crippen LogP contribution in [0.2, 0.25) is 0 Å². The summed E-state index contributed by atoms with van der Waals surface area (Å²) in [5.74, 6) is -0.484. The summed E-state index contributed by atoms with van der Waals surface area (Å²) >= 11 is 3.38. The van der Waals surface area contributed by atoms with Crippen LogP contribution in [0.3, 0.4) is 0 Å². The van der Waals surface area contributed by atoms with Gasteiger partial charge in [-0.05, 0) is 61.8 Å². The molecule has 0 atom stereocenters. The summed E-state index contributed by atoms with van der Waals surface area (Å²) in [6.45, 7) is 2.16. The third-order valence-corrected chi connectivity index (χ3v) is 5.00. The number of hydrogen-bond donors (Lipinski definition) is 1. The van der Waals surface area contributed by atoms with Crippen LogP contribution < -0.4 is 0 Å². The Bertz CT molecular complexity index is 479. The molecule has 0 saturated heterocycles. The molecule has 0 unspecified atom stereocenters. The molecule has 1 fully saturated rings. The van der Waals surface area contributed by atoms with E-state index in [1.807, 2.05) is 0 Å². The van der Waals surface area contributed by atoms with Crippen molar-refractivity contribution in [3.05, 3.63) is 34.1 Å². The van der Waals surface area contributed by atoms with Crippen molar-refractivity contribution < 1.29 is 14.3 Å². The van der Waals surface area contributed by atoms with Crippen LogP contribution in [0.25, 0.3) is 0 Å². The number of hydrogen-bond acceptors (Lipinski definition) is 1. The lowest BCUT2D eigenvalue weighted by atomic mass is 9.68. The molecule has 104 valence electrons. The highest BCUT2D eigenvalue weighted by Gasteiger charge is 2.41. The van der Waals surface area contributed by atoms with E-state index >= 15 is 0 Å². The van der Waals surface area contributed by atoms with Gasteiger partial charge in [0, 0.05) is 4.47 Å². The maximum atomic E-state index is 13.3.